The van der Waals surface area contributed by atoms with E-state index < -0.39 is 0 Å². The maximum Gasteiger partial charge on any atom is 0.224 e. The summed E-state index contributed by atoms with van der Waals surface area (Å²) >= 11 is 1.82. The van der Waals surface area contributed by atoms with Crippen molar-refractivity contribution in [3.8, 4) is 0 Å². The van der Waals surface area contributed by atoms with Gasteiger partial charge in [0.15, 0.2) is 0 Å². The van der Waals surface area contributed by atoms with Crippen molar-refractivity contribution in [2.45, 2.75) is 13.8 Å². The summed E-state index contributed by atoms with van der Waals surface area (Å²) in [7, 11) is 0. The molecular weight excluding hydrogens is 208 g/mol. The quantitative estimate of drug-likeness (QED) is 0.727. The average Bonchev–Trinajstić information content (AvgIpc) is 2.23. The van der Waals surface area contributed by atoms with Crippen LogP contribution < -0.4 is 10.6 Å². The second-order valence-electron chi connectivity index (χ2n) is 3.18. The summed E-state index contributed by atoms with van der Waals surface area (Å²) in [5.41, 5.74) is 1.08. The largest absolute Gasteiger partial charge is 0.369 e. The Hall–Kier alpha value is -0.970. The molecule has 0 spiro atoms. The van der Waals surface area contributed by atoms with Crippen molar-refractivity contribution in [3.05, 3.63) is 11.8 Å². The smallest absolute Gasteiger partial charge is 0.224 e. The first kappa shape index (κ1) is 12.1. The van der Waals surface area contributed by atoms with Crippen LogP contribution in [0, 0.1) is 6.92 Å². The van der Waals surface area contributed by atoms with Crippen LogP contribution in [0.3, 0.4) is 0 Å². The molecule has 84 valence electrons. The molecule has 0 aromatic carbocycles. The van der Waals surface area contributed by atoms with E-state index in [1.54, 1.807) is 0 Å². The summed E-state index contributed by atoms with van der Waals surface area (Å²) in [4.78, 5) is 8.58. The van der Waals surface area contributed by atoms with Gasteiger partial charge in [-0.15, -0.1) is 0 Å². The maximum atomic E-state index is 4.39. The van der Waals surface area contributed by atoms with Crippen LogP contribution in [0.25, 0.3) is 0 Å². The van der Waals surface area contributed by atoms with Crippen LogP contribution in [0.2, 0.25) is 0 Å². The Morgan fingerprint density at radius 2 is 2.20 bits per heavy atom. The van der Waals surface area contributed by atoms with Gasteiger partial charge >= 0.3 is 0 Å². The number of thioether (sulfide) groups is 1. The van der Waals surface area contributed by atoms with E-state index in [1.807, 2.05) is 31.8 Å². The highest BCUT2D eigenvalue weighted by molar-refractivity contribution is 7.98. The number of anilines is 2. The van der Waals surface area contributed by atoms with Crippen molar-refractivity contribution < 1.29 is 0 Å². The molecule has 2 N–H and O–H groups in total. The van der Waals surface area contributed by atoms with Gasteiger partial charge < -0.3 is 10.6 Å². The highest BCUT2D eigenvalue weighted by Crippen LogP contribution is 2.12. The van der Waals surface area contributed by atoms with Crippen molar-refractivity contribution in [2.24, 2.45) is 0 Å². The molecule has 0 saturated carbocycles. The minimum Gasteiger partial charge on any atom is -0.369 e. The van der Waals surface area contributed by atoms with Crippen LogP contribution in [0.5, 0.6) is 0 Å². The van der Waals surface area contributed by atoms with Crippen LogP contribution in [-0.2, 0) is 0 Å². The first-order valence-electron chi connectivity index (χ1n) is 5.08. The monoisotopic (exact) mass is 226 g/mol. The Labute approximate surface area is 95.3 Å². The zero-order valence-electron chi connectivity index (χ0n) is 9.50. The van der Waals surface area contributed by atoms with Crippen molar-refractivity contribution in [1.82, 2.24) is 9.97 Å². The van der Waals surface area contributed by atoms with E-state index in [1.165, 1.54) is 0 Å². The van der Waals surface area contributed by atoms with E-state index >= 15 is 0 Å². The number of hydrogen-bond donors (Lipinski definition) is 2. The molecule has 4 nitrogen and oxygen atoms in total. The first-order chi connectivity index (χ1) is 7.27. The summed E-state index contributed by atoms with van der Waals surface area (Å²) < 4.78 is 0. The molecule has 1 aromatic heterocycles. The van der Waals surface area contributed by atoms with Gasteiger partial charge in [0.25, 0.3) is 0 Å². The second kappa shape index (κ2) is 6.50. The third-order valence-electron chi connectivity index (χ3n) is 1.91. The van der Waals surface area contributed by atoms with Crippen LogP contribution in [0.4, 0.5) is 11.8 Å². The number of aromatic nitrogens is 2. The molecule has 0 bridgehead atoms. The average molecular weight is 226 g/mol. The highest BCUT2D eigenvalue weighted by atomic mass is 32.2. The van der Waals surface area contributed by atoms with Gasteiger partial charge in [-0.3, -0.25) is 0 Å². The minimum atomic E-state index is 0.690. The summed E-state index contributed by atoms with van der Waals surface area (Å²) in [6.45, 7) is 5.82. The van der Waals surface area contributed by atoms with Gasteiger partial charge in [0.2, 0.25) is 5.95 Å². The Balaban J connectivity index is 2.63. The van der Waals surface area contributed by atoms with Gasteiger partial charge in [-0.05, 0) is 20.1 Å². The molecule has 0 aliphatic heterocycles. The third-order valence-corrected chi connectivity index (χ3v) is 2.52. The summed E-state index contributed by atoms with van der Waals surface area (Å²) in [6, 6.07) is 0. The first-order valence-corrected chi connectivity index (χ1v) is 6.47. The topological polar surface area (TPSA) is 49.8 Å². The number of nitrogens with one attached hydrogen (secondary N) is 2. The zero-order valence-corrected chi connectivity index (χ0v) is 10.3. The molecule has 0 aliphatic carbocycles. The summed E-state index contributed by atoms with van der Waals surface area (Å²) in [6.07, 6.45) is 3.94. The van der Waals surface area contributed by atoms with Crippen LogP contribution >= 0.6 is 11.8 Å². The van der Waals surface area contributed by atoms with Gasteiger partial charge in [-0.1, -0.05) is 0 Å². The number of aryl methyl sites for hydroxylation is 1. The van der Waals surface area contributed by atoms with Crippen LogP contribution in [0.15, 0.2) is 6.20 Å². The Morgan fingerprint density at radius 1 is 1.40 bits per heavy atom. The molecule has 0 fully saturated rings. The van der Waals surface area contributed by atoms with Crippen molar-refractivity contribution >= 4 is 23.5 Å². The fraction of sp³-hybridized carbons (Fsp3) is 0.600. The fourth-order valence-electron chi connectivity index (χ4n) is 1.14. The van der Waals surface area contributed by atoms with Gasteiger partial charge in [-0.25, -0.2) is 4.98 Å². The van der Waals surface area contributed by atoms with E-state index in [-0.39, 0.29) is 0 Å². The lowest BCUT2D eigenvalue weighted by molar-refractivity contribution is 1.05. The van der Waals surface area contributed by atoms with Crippen molar-refractivity contribution in [3.63, 3.8) is 0 Å². The zero-order chi connectivity index (χ0) is 11.1. The minimum absolute atomic E-state index is 0.690. The molecule has 0 aliphatic rings. The standard InChI is InChI=1S/C10H18N4S/c1-4-11-10-13-7-8(2)9(14-10)12-5-6-15-3/h7H,4-6H2,1-3H3,(H2,11,12,13,14). The van der Waals surface area contributed by atoms with E-state index in [2.05, 4.69) is 26.9 Å². The second-order valence-corrected chi connectivity index (χ2v) is 4.16. The lowest BCUT2D eigenvalue weighted by Gasteiger charge is -2.09. The van der Waals surface area contributed by atoms with Gasteiger partial charge in [-0.2, -0.15) is 16.7 Å². The van der Waals surface area contributed by atoms with E-state index in [0.29, 0.717) is 5.95 Å². The fourth-order valence-corrected chi connectivity index (χ4v) is 1.44. The predicted octanol–water partition coefficient (Wildman–Crippen LogP) is 1.99. The molecule has 5 heteroatoms. The summed E-state index contributed by atoms with van der Waals surface area (Å²) in [5.74, 6) is 2.70. The molecule has 0 saturated heterocycles. The third kappa shape index (κ3) is 3.95. The van der Waals surface area contributed by atoms with Crippen LogP contribution in [-0.4, -0.2) is 35.1 Å². The van der Waals surface area contributed by atoms with E-state index in [4.69, 9.17) is 0 Å². The predicted molar refractivity (Wildman–Crippen MR) is 67.8 cm³/mol. The van der Waals surface area contributed by atoms with Crippen molar-refractivity contribution in [2.75, 3.05) is 35.7 Å². The Bertz CT molecular complexity index is 303. The summed E-state index contributed by atoms with van der Waals surface area (Å²) in [5, 5.41) is 6.40. The van der Waals surface area contributed by atoms with Gasteiger partial charge in [0.1, 0.15) is 5.82 Å². The van der Waals surface area contributed by atoms with E-state index in [9.17, 15) is 0 Å². The maximum absolute atomic E-state index is 4.39. The molecule has 1 aromatic rings. The molecule has 1 rings (SSSR count). The Kier molecular flexibility index (Phi) is 5.25. The molecule has 15 heavy (non-hydrogen) atoms. The molecule has 0 radical (unpaired) electrons. The van der Waals surface area contributed by atoms with Gasteiger partial charge in [0.05, 0.1) is 0 Å². The highest BCUT2D eigenvalue weighted by Gasteiger charge is 2.01. The van der Waals surface area contributed by atoms with Gasteiger partial charge in [0, 0.05) is 30.6 Å². The lowest BCUT2D eigenvalue weighted by atomic mass is 10.3. The normalized spacial score (nSPS) is 10.1. The number of rotatable bonds is 6. The van der Waals surface area contributed by atoms with Crippen molar-refractivity contribution in [1.29, 1.82) is 0 Å². The molecule has 0 amide bonds. The molecule has 1 heterocycles. The Morgan fingerprint density at radius 3 is 2.87 bits per heavy atom. The number of nitrogens with zero attached hydrogens (tertiary/aromatic N) is 2. The van der Waals surface area contributed by atoms with Crippen LogP contribution in [0.1, 0.15) is 12.5 Å². The molecule has 0 atom stereocenters. The SMILES string of the molecule is CCNc1ncc(C)c(NCCSC)n1. The lowest BCUT2D eigenvalue weighted by Crippen LogP contribution is -2.10. The number of hydrogen-bond acceptors (Lipinski definition) is 5. The molecule has 0 unspecified atom stereocenters. The van der Waals surface area contributed by atoms with E-state index in [0.717, 1.165) is 30.2 Å². The molecular formula is C10H18N4S.